The standard InChI is InChI=1S/C18H19NO5/c1-19-13-8-11(3-5-15(13)22-7-6-16(19)21)2-4-12-9-23-18-14(20)10-24-17(12)18/h3,5,8,12,14,17-18,20H,6-7,9-10H2,1H3/t12-,14-,17+,18+/m0/s1. The molecule has 1 aromatic rings. The van der Waals surface area contributed by atoms with Gasteiger partial charge in [-0.2, -0.15) is 0 Å². The molecule has 2 fully saturated rings. The molecule has 0 bridgehead atoms. The van der Waals surface area contributed by atoms with Gasteiger partial charge in [-0.3, -0.25) is 4.79 Å². The van der Waals surface area contributed by atoms with Gasteiger partial charge in [-0.1, -0.05) is 11.8 Å². The van der Waals surface area contributed by atoms with Crippen LogP contribution >= 0.6 is 0 Å². The molecule has 0 saturated carbocycles. The van der Waals surface area contributed by atoms with E-state index in [1.807, 2.05) is 18.2 Å². The smallest absolute Gasteiger partial charge is 0.230 e. The van der Waals surface area contributed by atoms with Gasteiger partial charge in [-0.25, -0.2) is 0 Å². The molecule has 4 atom stereocenters. The highest BCUT2D eigenvalue weighted by atomic mass is 16.6. The predicted molar refractivity (Wildman–Crippen MR) is 85.8 cm³/mol. The number of ether oxygens (including phenoxy) is 3. The van der Waals surface area contributed by atoms with Crippen molar-refractivity contribution in [2.75, 3.05) is 31.8 Å². The second kappa shape index (κ2) is 6.10. The van der Waals surface area contributed by atoms with Crippen LogP contribution < -0.4 is 9.64 Å². The van der Waals surface area contributed by atoms with Crippen molar-refractivity contribution in [2.45, 2.75) is 24.7 Å². The van der Waals surface area contributed by atoms with Gasteiger partial charge >= 0.3 is 0 Å². The fourth-order valence-corrected chi connectivity index (χ4v) is 3.31. The second-order valence-corrected chi connectivity index (χ2v) is 6.27. The van der Waals surface area contributed by atoms with E-state index in [0.29, 0.717) is 32.0 Å². The highest BCUT2D eigenvalue weighted by Crippen LogP contribution is 2.32. The largest absolute Gasteiger partial charge is 0.491 e. The molecule has 0 aromatic heterocycles. The lowest BCUT2D eigenvalue weighted by Crippen LogP contribution is -2.28. The van der Waals surface area contributed by atoms with Crippen molar-refractivity contribution in [3.63, 3.8) is 0 Å². The summed E-state index contributed by atoms with van der Waals surface area (Å²) in [4.78, 5) is 13.6. The first-order valence-corrected chi connectivity index (χ1v) is 8.10. The predicted octanol–water partition coefficient (Wildman–Crippen LogP) is 0.558. The zero-order valence-corrected chi connectivity index (χ0v) is 13.4. The van der Waals surface area contributed by atoms with Crippen LogP contribution in [0.3, 0.4) is 0 Å². The molecule has 24 heavy (non-hydrogen) atoms. The van der Waals surface area contributed by atoms with Crippen molar-refractivity contribution in [1.82, 2.24) is 0 Å². The first-order chi connectivity index (χ1) is 11.6. The van der Waals surface area contributed by atoms with Crippen molar-refractivity contribution in [3.05, 3.63) is 23.8 Å². The third-order valence-electron chi connectivity index (χ3n) is 4.70. The lowest BCUT2D eigenvalue weighted by molar-refractivity contribution is -0.118. The lowest BCUT2D eigenvalue weighted by Gasteiger charge is -2.16. The van der Waals surface area contributed by atoms with Crippen molar-refractivity contribution >= 4 is 11.6 Å². The van der Waals surface area contributed by atoms with Gasteiger partial charge in [0.1, 0.15) is 24.1 Å². The number of nitrogens with zero attached hydrogens (tertiary/aromatic N) is 1. The molecule has 3 aliphatic rings. The Kier molecular flexibility index (Phi) is 3.93. The van der Waals surface area contributed by atoms with Crippen molar-refractivity contribution in [3.8, 4) is 17.6 Å². The molecule has 126 valence electrons. The zero-order chi connectivity index (χ0) is 16.7. The third kappa shape index (κ3) is 2.65. The Hall–Kier alpha value is -2.07. The maximum atomic E-state index is 12.0. The number of carbonyl (C=O) groups excluding carboxylic acids is 1. The fourth-order valence-electron chi connectivity index (χ4n) is 3.31. The molecule has 3 aliphatic heterocycles. The summed E-state index contributed by atoms with van der Waals surface area (Å²) in [7, 11) is 1.75. The van der Waals surface area contributed by atoms with E-state index in [2.05, 4.69) is 11.8 Å². The van der Waals surface area contributed by atoms with E-state index >= 15 is 0 Å². The Morgan fingerprint density at radius 2 is 2.08 bits per heavy atom. The molecule has 1 amide bonds. The maximum Gasteiger partial charge on any atom is 0.230 e. The van der Waals surface area contributed by atoms with Crippen LogP contribution in [0.4, 0.5) is 5.69 Å². The number of carbonyl (C=O) groups is 1. The number of anilines is 1. The normalized spacial score (nSPS) is 31.6. The molecule has 4 rings (SSSR count). The lowest BCUT2D eigenvalue weighted by atomic mass is 10.0. The van der Waals surface area contributed by atoms with Crippen LogP contribution in [0.15, 0.2) is 18.2 Å². The molecule has 1 aromatic carbocycles. The Balaban J connectivity index is 1.57. The first kappa shape index (κ1) is 15.5. The van der Waals surface area contributed by atoms with E-state index in [4.69, 9.17) is 14.2 Å². The summed E-state index contributed by atoms with van der Waals surface area (Å²) in [5, 5.41) is 9.77. The van der Waals surface area contributed by atoms with E-state index in [-0.39, 0.29) is 24.0 Å². The van der Waals surface area contributed by atoms with Crippen LogP contribution in [-0.4, -0.2) is 56.2 Å². The Morgan fingerprint density at radius 1 is 1.25 bits per heavy atom. The van der Waals surface area contributed by atoms with Crippen molar-refractivity contribution in [2.24, 2.45) is 5.92 Å². The summed E-state index contributed by atoms with van der Waals surface area (Å²) in [5.74, 6) is 6.99. The molecule has 0 unspecified atom stereocenters. The number of aliphatic hydroxyl groups is 1. The minimum absolute atomic E-state index is 0.0271. The average molecular weight is 329 g/mol. The van der Waals surface area contributed by atoms with Crippen LogP contribution in [-0.2, 0) is 14.3 Å². The van der Waals surface area contributed by atoms with Crippen molar-refractivity contribution in [1.29, 1.82) is 0 Å². The van der Waals surface area contributed by atoms with Gasteiger partial charge in [0, 0.05) is 12.6 Å². The summed E-state index contributed by atoms with van der Waals surface area (Å²) in [6.45, 7) is 1.16. The maximum absolute atomic E-state index is 12.0. The van der Waals surface area contributed by atoms with E-state index < -0.39 is 6.10 Å². The van der Waals surface area contributed by atoms with E-state index in [1.54, 1.807) is 11.9 Å². The van der Waals surface area contributed by atoms with Gasteiger partial charge in [0.25, 0.3) is 0 Å². The molecule has 6 nitrogen and oxygen atoms in total. The topological polar surface area (TPSA) is 68.2 Å². The molecule has 0 spiro atoms. The quantitative estimate of drug-likeness (QED) is 0.705. The van der Waals surface area contributed by atoms with E-state index in [9.17, 15) is 9.90 Å². The highest BCUT2D eigenvalue weighted by molar-refractivity contribution is 5.95. The Bertz CT molecular complexity index is 722. The number of rotatable bonds is 0. The molecule has 1 N–H and O–H groups in total. The van der Waals surface area contributed by atoms with Gasteiger partial charge in [-0.15, -0.1) is 0 Å². The van der Waals surface area contributed by atoms with Gasteiger partial charge in [-0.05, 0) is 18.2 Å². The van der Waals surface area contributed by atoms with Crippen molar-refractivity contribution < 1.29 is 24.1 Å². The van der Waals surface area contributed by atoms with Crippen LogP contribution in [0.25, 0.3) is 0 Å². The van der Waals surface area contributed by atoms with Crippen LogP contribution in [0.5, 0.6) is 5.75 Å². The fraction of sp³-hybridized carbons (Fsp3) is 0.500. The Morgan fingerprint density at radius 3 is 2.96 bits per heavy atom. The minimum Gasteiger partial charge on any atom is -0.491 e. The molecule has 2 saturated heterocycles. The Labute approximate surface area is 140 Å². The van der Waals surface area contributed by atoms with Crippen LogP contribution in [0.2, 0.25) is 0 Å². The highest BCUT2D eigenvalue weighted by Gasteiger charge is 2.46. The van der Waals surface area contributed by atoms with Gasteiger partial charge in [0.05, 0.1) is 37.8 Å². The number of hydrogen-bond acceptors (Lipinski definition) is 5. The van der Waals surface area contributed by atoms with Crippen LogP contribution in [0.1, 0.15) is 12.0 Å². The van der Waals surface area contributed by atoms with Gasteiger partial charge in [0.15, 0.2) is 0 Å². The second-order valence-electron chi connectivity index (χ2n) is 6.27. The summed E-state index contributed by atoms with van der Waals surface area (Å²) in [6.07, 6.45) is -0.630. The number of hydrogen-bond donors (Lipinski definition) is 1. The monoisotopic (exact) mass is 329 g/mol. The van der Waals surface area contributed by atoms with Gasteiger partial charge in [0.2, 0.25) is 5.91 Å². The number of benzene rings is 1. The molecule has 6 heteroatoms. The average Bonchev–Trinajstić information content (AvgIpc) is 3.12. The van der Waals surface area contributed by atoms with E-state index in [1.165, 1.54) is 0 Å². The summed E-state index contributed by atoms with van der Waals surface area (Å²) >= 11 is 0. The minimum atomic E-state index is -0.564. The number of amides is 1. The van der Waals surface area contributed by atoms with Gasteiger partial charge < -0.3 is 24.2 Å². The number of fused-ring (bicyclic) bond motifs is 2. The summed E-state index contributed by atoms with van der Waals surface area (Å²) in [6, 6.07) is 5.59. The summed E-state index contributed by atoms with van der Waals surface area (Å²) in [5.41, 5.74) is 1.54. The van der Waals surface area contributed by atoms with Crippen LogP contribution in [0, 0.1) is 17.8 Å². The molecular weight excluding hydrogens is 310 g/mol. The van der Waals surface area contributed by atoms with E-state index in [0.717, 1.165) is 11.3 Å². The first-order valence-electron chi connectivity index (χ1n) is 8.10. The summed E-state index contributed by atoms with van der Waals surface area (Å²) < 4.78 is 16.8. The molecule has 0 radical (unpaired) electrons. The number of aliphatic hydroxyl groups excluding tert-OH is 1. The third-order valence-corrected chi connectivity index (χ3v) is 4.70. The SMILES string of the molecule is CN1C(=O)CCOc2ccc(C#C[C@H]3CO[C@H]4[C@@H]3OC[C@@H]4O)cc21. The molecule has 0 aliphatic carbocycles. The zero-order valence-electron chi connectivity index (χ0n) is 13.4. The molecular formula is C18H19NO5. The molecule has 3 heterocycles.